The molecule has 4 aromatic rings. The van der Waals surface area contributed by atoms with Gasteiger partial charge in [-0.15, -0.1) is 0 Å². The number of fused-ring (bicyclic) bond motifs is 1. The zero-order chi connectivity index (χ0) is 31.7. The number of benzene rings is 1. The minimum Gasteiger partial charge on any atom is -0.488 e. The van der Waals surface area contributed by atoms with E-state index in [-0.39, 0.29) is 34.1 Å². The number of aromatic nitrogens is 3. The Morgan fingerprint density at radius 1 is 1.09 bits per heavy atom. The maximum Gasteiger partial charge on any atom is 0.261 e. The molecule has 1 saturated carbocycles. The summed E-state index contributed by atoms with van der Waals surface area (Å²) in [6, 6.07) is 7.44. The first-order valence-electron chi connectivity index (χ1n) is 15.4. The normalized spacial score (nSPS) is 14.6. The van der Waals surface area contributed by atoms with Crippen LogP contribution >= 0.6 is 0 Å². The van der Waals surface area contributed by atoms with E-state index in [0.717, 1.165) is 43.0 Å². The quantitative estimate of drug-likeness (QED) is 0.201. The fraction of sp³-hybridized carbons (Fsp3) is 0.371. The van der Waals surface area contributed by atoms with E-state index < -0.39 is 11.7 Å². The minimum absolute atomic E-state index is 0.0429. The molecule has 0 radical (unpaired) electrons. The van der Waals surface area contributed by atoms with E-state index in [1.165, 1.54) is 38.5 Å². The van der Waals surface area contributed by atoms with E-state index in [4.69, 9.17) is 14.2 Å². The van der Waals surface area contributed by atoms with E-state index in [1.54, 1.807) is 25.3 Å². The molecule has 1 fully saturated rings. The highest BCUT2D eigenvalue weighted by Crippen LogP contribution is 2.36. The summed E-state index contributed by atoms with van der Waals surface area (Å²) in [6.45, 7) is 4.19. The Morgan fingerprint density at radius 2 is 1.91 bits per heavy atom. The summed E-state index contributed by atoms with van der Waals surface area (Å²) in [6.07, 6.45) is 11.1. The highest BCUT2D eigenvalue weighted by molar-refractivity contribution is 6.05. The van der Waals surface area contributed by atoms with Gasteiger partial charge in [-0.25, -0.2) is 9.37 Å². The lowest BCUT2D eigenvalue weighted by molar-refractivity contribution is 0.102. The Hall–Kier alpha value is -4.73. The molecule has 0 atom stereocenters. The molecule has 2 aliphatic rings. The molecule has 0 aliphatic heterocycles. The number of pyridine rings is 3. The third-order valence-electron chi connectivity index (χ3n) is 8.99. The highest BCUT2D eigenvalue weighted by atomic mass is 19.1. The third-order valence-corrected chi connectivity index (χ3v) is 8.99. The zero-order valence-corrected chi connectivity index (χ0v) is 26.0. The molecular formula is C35H37FN4O5. The van der Waals surface area contributed by atoms with E-state index >= 15 is 4.39 Å². The number of nitrogens with one attached hydrogen (secondary N) is 1. The summed E-state index contributed by atoms with van der Waals surface area (Å²) in [5.41, 5.74) is 3.72. The second kappa shape index (κ2) is 12.7. The van der Waals surface area contributed by atoms with Gasteiger partial charge in [0, 0.05) is 54.1 Å². The number of ether oxygens (including phenoxy) is 3. The molecule has 0 saturated heterocycles. The van der Waals surface area contributed by atoms with Crippen molar-refractivity contribution in [2.24, 2.45) is 13.0 Å². The van der Waals surface area contributed by atoms with Gasteiger partial charge >= 0.3 is 0 Å². The molecule has 0 bridgehead atoms. The number of carbonyl (C=O) groups is 1. The summed E-state index contributed by atoms with van der Waals surface area (Å²) >= 11 is 0. The number of allylic oxidation sites excluding steroid dienone is 2. The Balaban J connectivity index is 1.22. The van der Waals surface area contributed by atoms with Crippen LogP contribution in [0.15, 0.2) is 47.4 Å². The van der Waals surface area contributed by atoms with Crippen LogP contribution in [0.5, 0.6) is 23.1 Å². The monoisotopic (exact) mass is 612 g/mol. The molecule has 1 amide bonds. The summed E-state index contributed by atoms with van der Waals surface area (Å²) in [7, 11) is 3.35. The van der Waals surface area contributed by atoms with Gasteiger partial charge in [-0.3, -0.25) is 14.6 Å². The minimum atomic E-state index is -0.703. The second-order valence-corrected chi connectivity index (χ2v) is 11.7. The predicted molar refractivity (Wildman–Crippen MR) is 171 cm³/mol. The van der Waals surface area contributed by atoms with Crippen molar-refractivity contribution in [1.29, 1.82) is 0 Å². The number of nitrogens with zero attached hydrogens (tertiary/aromatic N) is 3. The lowest BCUT2D eigenvalue weighted by Crippen LogP contribution is -2.29. The Morgan fingerprint density at radius 3 is 2.60 bits per heavy atom. The van der Waals surface area contributed by atoms with Gasteiger partial charge in [-0.05, 0) is 63.2 Å². The van der Waals surface area contributed by atoms with Crippen LogP contribution in [0.4, 0.5) is 10.1 Å². The molecule has 6 rings (SSSR count). The SMILES string of the molecule is COc1nc2c(Oc3ccc(NC(=O)c4c(C)n(C)c(C)c(C5=CCCC5)c4=O)cc3F)ccnc2cc1OCCC1CCC1. The maximum absolute atomic E-state index is 15.4. The maximum atomic E-state index is 15.4. The standard InChI is InChI=1S/C35H37FN4O5/c1-20-30(23-10-5-6-11-23)33(41)31(21(2)40(20)3)34(42)38-24-12-13-27(25(36)18-24)45-28-14-16-37-26-19-29(35(43-4)39-32(26)28)44-17-15-22-8-7-9-22/h10,12-14,16,18-19,22H,5-9,11,15,17H2,1-4H3,(H,38,42). The topological polar surface area (TPSA) is 105 Å². The number of hydrogen-bond donors (Lipinski definition) is 1. The van der Waals surface area contributed by atoms with Crippen LogP contribution in [0, 0.1) is 25.6 Å². The van der Waals surface area contributed by atoms with Crippen molar-refractivity contribution in [2.75, 3.05) is 19.0 Å². The molecule has 9 nitrogen and oxygen atoms in total. The lowest BCUT2D eigenvalue weighted by atomic mass is 9.83. The van der Waals surface area contributed by atoms with Gasteiger partial charge < -0.3 is 24.1 Å². The van der Waals surface area contributed by atoms with Crippen LogP contribution in [-0.4, -0.2) is 34.2 Å². The predicted octanol–water partition coefficient (Wildman–Crippen LogP) is 7.27. The van der Waals surface area contributed by atoms with Crippen molar-refractivity contribution >= 4 is 28.2 Å². The number of anilines is 1. The lowest BCUT2D eigenvalue weighted by Gasteiger charge is -2.25. The molecule has 3 aromatic heterocycles. The first-order valence-corrected chi connectivity index (χ1v) is 15.4. The van der Waals surface area contributed by atoms with Crippen LogP contribution in [0.25, 0.3) is 16.6 Å². The van der Waals surface area contributed by atoms with Gasteiger partial charge in [-0.2, -0.15) is 0 Å². The van der Waals surface area contributed by atoms with Crippen molar-refractivity contribution < 1.29 is 23.4 Å². The number of hydrogen-bond acceptors (Lipinski definition) is 7. The van der Waals surface area contributed by atoms with Gasteiger partial charge in [-0.1, -0.05) is 25.3 Å². The van der Waals surface area contributed by atoms with Crippen LogP contribution in [0.3, 0.4) is 0 Å². The molecule has 3 heterocycles. The van der Waals surface area contributed by atoms with E-state index in [1.807, 2.05) is 18.5 Å². The molecule has 10 heteroatoms. The highest BCUT2D eigenvalue weighted by Gasteiger charge is 2.24. The average molecular weight is 613 g/mol. The number of halogens is 1. The summed E-state index contributed by atoms with van der Waals surface area (Å²) in [5, 5.41) is 2.70. The molecule has 1 aromatic carbocycles. The van der Waals surface area contributed by atoms with Gasteiger partial charge in [0.1, 0.15) is 11.1 Å². The summed E-state index contributed by atoms with van der Waals surface area (Å²) < 4.78 is 34.6. The van der Waals surface area contributed by atoms with Crippen molar-refractivity contribution in [3.05, 3.63) is 81.2 Å². The van der Waals surface area contributed by atoms with Crippen molar-refractivity contribution in [2.45, 2.75) is 58.8 Å². The largest absolute Gasteiger partial charge is 0.488 e. The number of rotatable bonds is 10. The number of carbonyl (C=O) groups excluding carboxylic acids is 1. The van der Waals surface area contributed by atoms with E-state index in [2.05, 4.69) is 21.4 Å². The van der Waals surface area contributed by atoms with E-state index in [9.17, 15) is 9.59 Å². The third kappa shape index (κ3) is 6.01. The molecule has 1 N–H and O–H groups in total. The zero-order valence-electron chi connectivity index (χ0n) is 26.0. The first kappa shape index (κ1) is 30.3. The Bertz CT molecular complexity index is 1880. The van der Waals surface area contributed by atoms with Crippen molar-refractivity contribution in [3.63, 3.8) is 0 Å². The molecule has 45 heavy (non-hydrogen) atoms. The van der Waals surface area contributed by atoms with Crippen LogP contribution in [-0.2, 0) is 7.05 Å². The van der Waals surface area contributed by atoms with Gasteiger partial charge in [0.2, 0.25) is 5.43 Å². The molecule has 0 spiro atoms. The fourth-order valence-corrected chi connectivity index (χ4v) is 6.02. The number of methoxy groups -OCH3 is 1. The van der Waals surface area contributed by atoms with Crippen molar-refractivity contribution in [3.8, 4) is 23.1 Å². The van der Waals surface area contributed by atoms with Crippen LogP contribution in [0.1, 0.15) is 72.3 Å². The van der Waals surface area contributed by atoms with Crippen LogP contribution in [0.2, 0.25) is 0 Å². The molecule has 2 aliphatic carbocycles. The molecular weight excluding hydrogens is 575 g/mol. The van der Waals surface area contributed by atoms with Gasteiger partial charge in [0.05, 0.1) is 19.2 Å². The first-order chi connectivity index (χ1) is 21.7. The fourth-order valence-electron chi connectivity index (χ4n) is 6.02. The summed E-state index contributed by atoms with van der Waals surface area (Å²) in [5.74, 6) is 0.406. The van der Waals surface area contributed by atoms with Crippen molar-refractivity contribution in [1.82, 2.24) is 14.5 Å². The second-order valence-electron chi connectivity index (χ2n) is 11.7. The number of amides is 1. The molecule has 0 unspecified atom stereocenters. The van der Waals surface area contributed by atoms with Crippen LogP contribution < -0.4 is 25.0 Å². The Kier molecular flexibility index (Phi) is 8.56. The van der Waals surface area contributed by atoms with Gasteiger partial charge in [0.25, 0.3) is 11.8 Å². The van der Waals surface area contributed by atoms with E-state index in [0.29, 0.717) is 40.6 Å². The molecule has 234 valence electrons. The van der Waals surface area contributed by atoms with Gasteiger partial charge in [0.15, 0.2) is 23.1 Å². The smallest absolute Gasteiger partial charge is 0.261 e. The average Bonchev–Trinajstić information content (AvgIpc) is 3.53. The summed E-state index contributed by atoms with van der Waals surface area (Å²) in [4.78, 5) is 35.9. The Labute approximate surface area is 261 Å².